The number of rotatable bonds is 5. The SMILES string of the molecule is COCC(=O)Nc1cccc(NC(=O)c2ccoc2Cl)c1. The first-order chi connectivity index (χ1) is 10.1. The largest absolute Gasteiger partial charge is 0.452 e. The highest BCUT2D eigenvalue weighted by Gasteiger charge is 2.13. The second-order valence-electron chi connectivity index (χ2n) is 4.12. The zero-order chi connectivity index (χ0) is 15.2. The fourth-order valence-corrected chi connectivity index (χ4v) is 1.86. The summed E-state index contributed by atoms with van der Waals surface area (Å²) in [7, 11) is 1.44. The Morgan fingerprint density at radius 3 is 2.57 bits per heavy atom. The number of halogens is 1. The molecule has 0 radical (unpaired) electrons. The molecule has 2 N–H and O–H groups in total. The third-order valence-electron chi connectivity index (χ3n) is 2.54. The van der Waals surface area contributed by atoms with E-state index in [1.54, 1.807) is 24.3 Å². The molecule has 2 amide bonds. The average molecular weight is 309 g/mol. The van der Waals surface area contributed by atoms with Crippen LogP contribution in [0.4, 0.5) is 11.4 Å². The van der Waals surface area contributed by atoms with Gasteiger partial charge in [0.15, 0.2) is 0 Å². The van der Waals surface area contributed by atoms with E-state index in [0.717, 1.165) is 0 Å². The lowest BCUT2D eigenvalue weighted by Gasteiger charge is -2.08. The Balaban J connectivity index is 2.06. The van der Waals surface area contributed by atoms with Crippen molar-refractivity contribution in [3.8, 4) is 0 Å². The van der Waals surface area contributed by atoms with E-state index in [2.05, 4.69) is 10.6 Å². The Kier molecular flexibility index (Phi) is 4.97. The van der Waals surface area contributed by atoms with Crippen molar-refractivity contribution in [2.75, 3.05) is 24.4 Å². The summed E-state index contributed by atoms with van der Waals surface area (Å²) in [6.45, 7) is -0.0405. The van der Waals surface area contributed by atoms with E-state index in [0.29, 0.717) is 11.4 Å². The van der Waals surface area contributed by atoms with E-state index in [9.17, 15) is 9.59 Å². The third kappa shape index (κ3) is 4.08. The lowest BCUT2D eigenvalue weighted by atomic mass is 10.2. The van der Waals surface area contributed by atoms with Crippen LogP contribution in [0.15, 0.2) is 41.0 Å². The molecule has 110 valence electrons. The number of nitrogens with one attached hydrogen (secondary N) is 2. The molecule has 0 saturated carbocycles. The molecule has 0 atom stereocenters. The van der Waals surface area contributed by atoms with Gasteiger partial charge in [0, 0.05) is 18.5 Å². The number of benzene rings is 1. The van der Waals surface area contributed by atoms with Gasteiger partial charge in [0.25, 0.3) is 5.91 Å². The van der Waals surface area contributed by atoms with Crippen LogP contribution in [0.2, 0.25) is 5.22 Å². The molecule has 2 aromatic rings. The molecule has 1 heterocycles. The predicted molar refractivity (Wildman–Crippen MR) is 78.6 cm³/mol. The van der Waals surface area contributed by atoms with Crippen LogP contribution in [0.5, 0.6) is 0 Å². The van der Waals surface area contributed by atoms with Crippen molar-refractivity contribution >= 4 is 34.8 Å². The van der Waals surface area contributed by atoms with E-state index in [1.807, 2.05) is 0 Å². The standard InChI is InChI=1S/C14H13ClN2O4/c1-20-8-12(18)16-9-3-2-4-10(7-9)17-14(19)11-5-6-21-13(11)15/h2-7H,8H2,1H3,(H,16,18)(H,17,19). The van der Waals surface area contributed by atoms with Gasteiger partial charge in [-0.2, -0.15) is 0 Å². The molecule has 0 unspecified atom stereocenters. The molecule has 0 spiro atoms. The molecule has 0 aliphatic carbocycles. The Morgan fingerprint density at radius 1 is 1.24 bits per heavy atom. The van der Waals surface area contributed by atoms with Gasteiger partial charge >= 0.3 is 0 Å². The lowest BCUT2D eigenvalue weighted by molar-refractivity contribution is -0.119. The maximum absolute atomic E-state index is 12.0. The first-order valence-electron chi connectivity index (χ1n) is 6.03. The van der Waals surface area contributed by atoms with Gasteiger partial charge in [0.05, 0.1) is 11.8 Å². The summed E-state index contributed by atoms with van der Waals surface area (Å²) in [5, 5.41) is 5.33. The highest BCUT2D eigenvalue weighted by molar-refractivity contribution is 6.32. The van der Waals surface area contributed by atoms with Crippen molar-refractivity contribution in [1.82, 2.24) is 0 Å². The second kappa shape index (κ2) is 6.92. The number of anilines is 2. The molecule has 0 aliphatic rings. The van der Waals surface area contributed by atoms with E-state index >= 15 is 0 Å². The number of ether oxygens (including phenoxy) is 1. The molecular formula is C14H13ClN2O4. The second-order valence-corrected chi connectivity index (χ2v) is 4.47. The van der Waals surface area contributed by atoms with Crippen molar-refractivity contribution in [2.24, 2.45) is 0 Å². The van der Waals surface area contributed by atoms with Crippen LogP contribution in [0.3, 0.4) is 0 Å². The number of hydrogen-bond donors (Lipinski definition) is 2. The minimum Gasteiger partial charge on any atom is -0.452 e. The number of furan rings is 1. The summed E-state index contributed by atoms with van der Waals surface area (Å²) < 4.78 is 9.59. The van der Waals surface area contributed by atoms with Gasteiger partial charge in [0.1, 0.15) is 6.61 Å². The third-order valence-corrected chi connectivity index (χ3v) is 2.83. The maximum Gasteiger partial charge on any atom is 0.260 e. The first kappa shape index (κ1) is 15.1. The van der Waals surface area contributed by atoms with E-state index < -0.39 is 5.91 Å². The van der Waals surface area contributed by atoms with Crippen LogP contribution in [0.1, 0.15) is 10.4 Å². The first-order valence-corrected chi connectivity index (χ1v) is 6.41. The highest BCUT2D eigenvalue weighted by atomic mass is 35.5. The Bertz CT molecular complexity index is 654. The molecule has 1 aromatic heterocycles. The maximum atomic E-state index is 12.0. The minimum atomic E-state index is -0.394. The van der Waals surface area contributed by atoms with Gasteiger partial charge in [-0.25, -0.2) is 0 Å². The molecular weight excluding hydrogens is 296 g/mol. The van der Waals surface area contributed by atoms with E-state index in [-0.39, 0.29) is 23.3 Å². The van der Waals surface area contributed by atoms with Crippen molar-refractivity contribution < 1.29 is 18.7 Å². The molecule has 0 bridgehead atoms. The Labute approximate surface area is 126 Å². The molecule has 0 saturated heterocycles. The number of carbonyl (C=O) groups excluding carboxylic acids is 2. The van der Waals surface area contributed by atoms with Gasteiger partial charge in [-0.1, -0.05) is 6.07 Å². The van der Waals surface area contributed by atoms with Gasteiger partial charge < -0.3 is 19.8 Å². The molecule has 7 heteroatoms. The Hall–Kier alpha value is -2.31. The van der Waals surface area contributed by atoms with Crippen molar-refractivity contribution in [2.45, 2.75) is 0 Å². The van der Waals surface area contributed by atoms with Crippen LogP contribution in [-0.2, 0) is 9.53 Å². The topological polar surface area (TPSA) is 80.6 Å². The fourth-order valence-electron chi connectivity index (χ4n) is 1.66. The summed E-state index contributed by atoms with van der Waals surface area (Å²) in [6, 6.07) is 8.20. The van der Waals surface area contributed by atoms with Crippen LogP contribution >= 0.6 is 11.6 Å². The lowest BCUT2D eigenvalue weighted by Crippen LogP contribution is -2.17. The number of amides is 2. The number of carbonyl (C=O) groups is 2. The number of methoxy groups -OCH3 is 1. The number of hydrogen-bond acceptors (Lipinski definition) is 4. The minimum absolute atomic E-state index is 0.0250. The van der Waals surface area contributed by atoms with Gasteiger partial charge in [-0.05, 0) is 35.9 Å². The summed E-state index contributed by atoms with van der Waals surface area (Å²) in [5.41, 5.74) is 1.31. The Morgan fingerprint density at radius 2 is 1.95 bits per heavy atom. The average Bonchev–Trinajstić information content (AvgIpc) is 2.85. The van der Waals surface area contributed by atoms with Gasteiger partial charge in [-0.15, -0.1) is 0 Å². The monoisotopic (exact) mass is 308 g/mol. The quantitative estimate of drug-likeness (QED) is 0.890. The van der Waals surface area contributed by atoms with E-state index in [1.165, 1.54) is 19.4 Å². The van der Waals surface area contributed by atoms with Crippen molar-refractivity contribution in [3.05, 3.63) is 47.4 Å². The van der Waals surface area contributed by atoms with Crippen LogP contribution in [0, 0.1) is 0 Å². The summed E-state index contributed by atoms with van der Waals surface area (Å²) in [4.78, 5) is 23.4. The van der Waals surface area contributed by atoms with Gasteiger partial charge in [-0.3, -0.25) is 9.59 Å². The summed E-state index contributed by atoms with van der Waals surface area (Å²) >= 11 is 5.74. The molecule has 21 heavy (non-hydrogen) atoms. The molecule has 6 nitrogen and oxygen atoms in total. The normalized spacial score (nSPS) is 10.2. The molecule has 0 aliphatic heterocycles. The zero-order valence-corrected chi connectivity index (χ0v) is 11.9. The molecule has 2 rings (SSSR count). The highest BCUT2D eigenvalue weighted by Crippen LogP contribution is 2.20. The summed E-state index contributed by atoms with van der Waals surface area (Å²) in [5.74, 6) is -0.673. The predicted octanol–water partition coefficient (Wildman–Crippen LogP) is 2.77. The van der Waals surface area contributed by atoms with Crippen LogP contribution in [0.25, 0.3) is 0 Å². The molecule has 0 fully saturated rings. The fraction of sp³-hybridized carbons (Fsp3) is 0.143. The van der Waals surface area contributed by atoms with Crippen molar-refractivity contribution in [3.63, 3.8) is 0 Å². The van der Waals surface area contributed by atoms with Crippen LogP contribution in [-0.4, -0.2) is 25.5 Å². The van der Waals surface area contributed by atoms with E-state index in [4.69, 9.17) is 20.8 Å². The summed E-state index contributed by atoms with van der Waals surface area (Å²) in [6.07, 6.45) is 1.33. The molecule has 1 aromatic carbocycles. The van der Waals surface area contributed by atoms with Gasteiger partial charge in [0.2, 0.25) is 11.1 Å². The smallest absolute Gasteiger partial charge is 0.260 e. The van der Waals surface area contributed by atoms with Crippen LogP contribution < -0.4 is 10.6 Å². The van der Waals surface area contributed by atoms with Crippen molar-refractivity contribution in [1.29, 1.82) is 0 Å². The zero-order valence-electron chi connectivity index (χ0n) is 11.2.